The summed E-state index contributed by atoms with van der Waals surface area (Å²) in [6.45, 7) is 1.73. The molecule has 0 spiro atoms. The number of methoxy groups -OCH3 is 2. The third-order valence-corrected chi connectivity index (χ3v) is 11.2. The van der Waals surface area contributed by atoms with Gasteiger partial charge in [0.2, 0.25) is 17.1 Å². The smallest absolute Gasteiger partial charge is 0.219 e. The van der Waals surface area contributed by atoms with E-state index >= 15 is 0 Å². The Morgan fingerprint density at radius 2 is 1.20 bits per heavy atom. The molecule has 318 valence electrons. The van der Waals surface area contributed by atoms with Crippen LogP contribution in [-0.2, 0) is 14.3 Å². The molecule has 0 fully saturated rings. The Bertz CT molecular complexity index is 3060. The number of aliphatic hydroxyl groups is 1. The molecular weight excluding hydrogens is 805 g/mol. The summed E-state index contributed by atoms with van der Waals surface area (Å²) in [5.74, 6) is -0.251. The number of rotatable bonds is 14. The van der Waals surface area contributed by atoms with Gasteiger partial charge in [0.15, 0.2) is 5.78 Å². The van der Waals surface area contributed by atoms with Crippen molar-refractivity contribution >= 4 is 67.0 Å². The normalized spacial score (nSPS) is 15.6. The topological polar surface area (TPSA) is 124 Å². The Hall–Kier alpha value is -7.92. The second-order valence-corrected chi connectivity index (χ2v) is 15.1. The SMILES string of the molecule is COCCOc1ccc(N(c2ccc(C3=C([O-])/C(=C4/C=CC(=[N+](c5ccc(OCCOC)cc5)c5cccc6ccccc56)C=C4O)C3=O)c(O)c2)c2cccc3ccccc23)cc1. The van der Waals surface area contributed by atoms with Crippen molar-refractivity contribution in [3.63, 3.8) is 0 Å². The molecule has 10 heteroatoms. The summed E-state index contributed by atoms with van der Waals surface area (Å²) in [7, 11) is 3.24. The average Bonchev–Trinajstić information content (AvgIpc) is 3.32. The number of anilines is 3. The minimum atomic E-state index is -0.568. The maximum Gasteiger partial charge on any atom is 0.219 e. The van der Waals surface area contributed by atoms with Crippen molar-refractivity contribution < 1.29 is 39.1 Å². The number of carbonyl (C=O) groups is 1. The summed E-state index contributed by atoms with van der Waals surface area (Å²) in [4.78, 5) is 16.0. The van der Waals surface area contributed by atoms with Gasteiger partial charge in [-0.25, -0.2) is 0 Å². The van der Waals surface area contributed by atoms with Gasteiger partial charge in [-0.15, -0.1) is 0 Å². The number of ether oxygens (including phenoxy) is 4. The van der Waals surface area contributed by atoms with Gasteiger partial charge in [-0.1, -0.05) is 72.5 Å². The van der Waals surface area contributed by atoms with E-state index in [1.165, 1.54) is 0 Å². The van der Waals surface area contributed by atoms with Crippen LogP contribution in [0, 0.1) is 0 Å². The maximum atomic E-state index is 14.0. The Kier molecular flexibility index (Phi) is 11.8. The fourth-order valence-electron chi connectivity index (χ4n) is 8.15. The highest BCUT2D eigenvalue weighted by molar-refractivity contribution is 6.40. The number of phenolic OH excluding ortho intramolecular Hbond substituents is 1. The molecule has 2 aliphatic rings. The van der Waals surface area contributed by atoms with Crippen LogP contribution < -0.4 is 24.1 Å². The Morgan fingerprint density at radius 3 is 1.84 bits per heavy atom. The molecule has 0 bridgehead atoms. The molecular formula is C54H44N2O8. The van der Waals surface area contributed by atoms with Crippen LogP contribution in [0.15, 0.2) is 193 Å². The fraction of sp³-hybridized carbons (Fsp3) is 0.111. The predicted molar refractivity (Wildman–Crippen MR) is 251 cm³/mol. The zero-order valence-electron chi connectivity index (χ0n) is 35.2. The zero-order valence-corrected chi connectivity index (χ0v) is 35.2. The highest BCUT2D eigenvalue weighted by Gasteiger charge is 2.35. The van der Waals surface area contributed by atoms with E-state index in [9.17, 15) is 20.1 Å². The Labute approximate surface area is 370 Å². The standard InChI is InChI=1S/C54H44N2O8/c1-61-29-31-63-41-23-17-37(18-24-41)55(47-15-7-11-35-9-3-5-13-43(35)47)39-21-27-45(49(57)33-39)51-53(59)52(54(51)60)46-28-22-40(34-50(46)58)56(38-19-25-42(26-20-38)64-32-30-62-2)48-16-8-12-36-10-4-6-14-44(36)48/h3-28,33-34H,29-32H2,1-2H3,(H2,57,58,59,60). The summed E-state index contributed by atoms with van der Waals surface area (Å²) in [6.07, 6.45) is 4.92. The average molecular weight is 849 g/mol. The van der Waals surface area contributed by atoms with E-state index in [1.807, 2.05) is 143 Å². The number of carbonyl (C=O) groups excluding carboxylic acids is 1. The molecule has 0 heterocycles. The largest absolute Gasteiger partial charge is 0.871 e. The number of phenols is 1. The van der Waals surface area contributed by atoms with E-state index in [-0.39, 0.29) is 33.8 Å². The summed E-state index contributed by atoms with van der Waals surface area (Å²) in [5, 5.41) is 41.2. The minimum Gasteiger partial charge on any atom is -0.871 e. The molecule has 2 aliphatic carbocycles. The van der Waals surface area contributed by atoms with Crippen LogP contribution in [0.2, 0.25) is 0 Å². The molecule has 0 aliphatic heterocycles. The van der Waals surface area contributed by atoms with Gasteiger partial charge < -0.3 is 39.2 Å². The van der Waals surface area contributed by atoms with Gasteiger partial charge in [0.05, 0.1) is 30.4 Å². The van der Waals surface area contributed by atoms with Crippen LogP contribution in [-0.4, -0.2) is 62.4 Å². The van der Waals surface area contributed by atoms with E-state index in [2.05, 4.69) is 0 Å². The first-order valence-corrected chi connectivity index (χ1v) is 20.8. The number of nitrogens with zero attached hydrogens (tertiary/aromatic N) is 2. The molecule has 7 aromatic rings. The number of Topliss-reactive ketones (excluding diaryl/α,β-unsaturated/α-hetero) is 1. The van der Waals surface area contributed by atoms with Gasteiger partial charge in [-0.2, -0.15) is 4.58 Å². The quantitative estimate of drug-likeness (QED) is 0.0625. The van der Waals surface area contributed by atoms with Crippen LogP contribution >= 0.6 is 0 Å². The van der Waals surface area contributed by atoms with E-state index < -0.39 is 11.5 Å². The Balaban J connectivity index is 1.07. The molecule has 0 aromatic heterocycles. The molecule has 2 N–H and O–H groups in total. The lowest BCUT2D eigenvalue weighted by Crippen LogP contribution is -2.31. The molecule has 0 amide bonds. The maximum absolute atomic E-state index is 14.0. The minimum absolute atomic E-state index is 0.107. The lowest BCUT2D eigenvalue weighted by molar-refractivity contribution is -0.297. The van der Waals surface area contributed by atoms with Crippen LogP contribution in [0.5, 0.6) is 17.2 Å². The van der Waals surface area contributed by atoms with Gasteiger partial charge in [0.25, 0.3) is 0 Å². The number of ketones is 1. The predicted octanol–water partition coefficient (Wildman–Crippen LogP) is 10.2. The summed E-state index contributed by atoms with van der Waals surface area (Å²) in [5.41, 5.74) is 4.43. The van der Waals surface area contributed by atoms with Gasteiger partial charge >= 0.3 is 0 Å². The van der Waals surface area contributed by atoms with Crippen LogP contribution in [0.4, 0.5) is 28.4 Å². The fourth-order valence-corrected chi connectivity index (χ4v) is 8.15. The number of aromatic hydroxyl groups is 1. The van der Waals surface area contributed by atoms with Crippen molar-refractivity contribution in [1.29, 1.82) is 0 Å². The number of aliphatic hydroxyl groups excluding tert-OH is 1. The number of hydrogen-bond donors (Lipinski definition) is 2. The number of hydrogen-bond acceptors (Lipinski definition) is 9. The third kappa shape index (κ3) is 7.99. The molecule has 0 unspecified atom stereocenters. The number of fused-ring (bicyclic) bond motifs is 2. The summed E-state index contributed by atoms with van der Waals surface area (Å²) < 4.78 is 23.9. The van der Waals surface area contributed by atoms with Crippen LogP contribution in [0.25, 0.3) is 27.1 Å². The van der Waals surface area contributed by atoms with Crippen molar-refractivity contribution in [2.24, 2.45) is 0 Å². The van der Waals surface area contributed by atoms with Crippen molar-refractivity contribution in [3.05, 3.63) is 198 Å². The molecule has 0 saturated heterocycles. The second-order valence-electron chi connectivity index (χ2n) is 15.1. The molecule has 64 heavy (non-hydrogen) atoms. The first-order chi connectivity index (χ1) is 31.3. The molecule has 0 atom stereocenters. The highest BCUT2D eigenvalue weighted by atomic mass is 16.5. The van der Waals surface area contributed by atoms with E-state index in [0.717, 1.165) is 44.3 Å². The summed E-state index contributed by atoms with van der Waals surface area (Å²) >= 11 is 0. The van der Waals surface area contributed by atoms with E-state index in [4.69, 9.17) is 18.9 Å². The van der Waals surface area contributed by atoms with Gasteiger partial charge in [-0.05, 0) is 77.5 Å². The van der Waals surface area contributed by atoms with Crippen molar-refractivity contribution in [2.75, 3.05) is 45.5 Å². The van der Waals surface area contributed by atoms with Crippen molar-refractivity contribution in [2.45, 2.75) is 0 Å². The zero-order chi connectivity index (χ0) is 44.2. The lowest BCUT2D eigenvalue weighted by atomic mass is 9.79. The lowest BCUT2D eigenvalue weighted by Gasteiger charge is -2.33. The van der Waals surface area contributed by atoms with Crippen molar-refractivity contribution in [1.82, 2.24) is 4.58 Å². The molecule has 0 saturated carbocycles. The van der Waals surface area contributed by atoms with Crippen molar-refractivity contribution in [3.8, 4) is 17.2 Å². The monoisotopic (exact) mass is 848 g/mol. The van der Waals surface area contributed by atoms with Gasteiger partial charge in [0.1, 0.15) is 36.2 Å². The second kappa shape index (κ2) is 18.2. The molecule has 9 rings (SSSR count). The summed E-state index contributed by atoms with van der Waals surface area (Å²) in [6, 6.07) is 48.2. The van der Waals surface area contributed by atoms with Gasteiger partial charge in [0, 0.05) is 83.6 Å². The molecule has 7 aromatic carbocycles. The third-order valence-electron chi connectivity index (χ3n) is 11.2. The first-order valence-electron chi connectivity index (χ1n) is 20.8. The molecule has 0 radical (unpaired) electrons. The van der Waals surface area contributed by atoms with Gasteiger partial charge in [-0.3, -0.25) is 4.79 Å². The van der Waals surface area contributed by atoms with Crippen LogP contribution in [0.3, 0.4) is 0 Å². The Morgan fingerprint density at radius 1 is 0.609 bits per heavy atom. The number of benzene rings is 7. The number of allylic oxidation sites excluding steroid dienone is 5. The highest BCUT2D eigenvalue weighted by Crippen LogP contribution is 2.45. The van der Waals surface area contributed by atoms with Crippen LogP contribution in [0.1, 0.15) is 5.56 Å². The van der Waals surface area contributed by atoms with E-state index in [0.29, 0.717) is 49.3 Å². The molecule has 10 nitrogen and oxygen atoms in total. The first kappa shape index (κ1) is 41.4. The van der Waals surface area contributed by atoms with E-state index in [1.54, 1.807) is 50.6 Å².